The van der Waals surface area contributed by atoms with Crippen molar-refractivity contribution in [1.82, 2.24) is 9.97 Å². The number of H-pyrrole nitrogens is 1. The molecule has 0 bridgehead atoms. The fourth-order valence-corrected chi connectivity index (χ4v) is 2.57. The maximum Gasteiger partial charge on any atom is 0.296 e. The number of hydrogen-bond acceptors (Lipinski definition) is 4. The molecule has 106 valence electrons. The second-order valence-electron chi connectivity index (χ2n) is 4.90. The number of rotatable bonds is 2. The lowest BCUT2D eigenvalue weighted by atomic mass is 10.1. The van der Waals surface area contributed by atoms with Gasteiger partial charge in [-0.15, -0.1) is 0 Å². The molecule has 21 heavy (non-hydrogen) atoms. The van der Waals surface area contributed by atoms with Gasteiger partial charge in [0.25, 0.3) is 5.91 Å². The van der Waals surface area contributed by atoms with Gasteiger partial charge in [0.2, 0.25) is 11.7 Å². The molecule has 4 rings (SSSR count). The molecule has 0 saturated heterocycles. The second kappa shape index (κ2) is 4.66. The number of nitrogens with one attached hydrogen (secondary N) is 2. The van der Waals surface area contributed by atoms with Gasteiger partial charge in [0.15, 0.2) is 0 Å². The number of carbonyl (C=O) groups is 1. The van der Waals surface area contributed by atoms with Crippen molar-refractivity contribution in [2.75, 3.05) is 18.5 Å². The van der Waals surface area contributed by atoms with Crippen LogP contribution in [0.2, 0.25) is 0 Å². The van der Waals surface area contributed by atoms with Crippen LogP contribution in [0.3, 0.4) is 0 Å². The zero-order valence-corrected chi connectivity index (χ0v) is 11.2. The fraction of sp³-hybridized carbons (Fsp3) is 0.200. The van der Waals surface area contributed by atoms with Crippen molar-refractivity contribution in [3.63, 3.8) is 0 Å². The van der Waals surface area contributed by atoms with Crippen LogP contribution in [0.5, 0.6) is 0 Å². The quantitative estimate of drug-likeness (QED) is 0.752. The Labute approximate surface area is 120 Å². The van der Waals surface area contributed by atoms with E-state index in [1.165, 1.54) is 11.8 Å². The topological polar surface area (TPSA) is 76.2 Å². The van der Waals surface area contributed by atoms with Crippen molar-refractivity contribution in [1.29, 1.82) is 0 Å². The van der Waals surface area contributed by atoms with E-state index in [9.17, 15) is 4.79 Å². The number of hydrogen-bond donors (Lipinski definition) is 2. The zero-order valence-electron chi connectivity index (χ0n) is 11.2. The van der Waals surface area contributed by atoms with Crippen LogP contribution in [-0.4, -0.2) is 29.1 Å². The van der Waals surface area contributed by atoms with E-state index in [0.29, 0.717) is 19.2 Å². The van der Waals surface area contributed by atoms with Gasteiger partial charge in [-0.3, -0.25) is 10.1 Å². The third-order valence-electron chi connectivity index (χ3n) is 3.52. The first kappa shape index (κ1) is 12.0. The summed E-state index contributed by atoms with van der Waals surface area (Å²) in [5, 5.41) is 2.69. The predicted molar refractivity (Wildman–Crippen MR) is 75.4 cm³/mol. The van der Waals surface area contributed by atoms with Gasteiger partial charge in [-0.25, -0.2) is 4.98 Å². The highest BCUT2D eigenvalue weighted by molar-refractivity contribution is 6.01. The van der Waals surface area contributed by atoms with E-state index in [0.717, 1.165) is 23.4 Å². The summed E-state index contributed by atoms with van der Waals surface area (Å²) in [5.74, 6) is 0.225. The number of ether oxygens (including phenoxy) is 2. The summed E-state index contributed by atoms with van der Waals surface area (Å²) in [7, 11) is 0. The van der Waals surface area contributed by atoms with Crippen molar-refractivity contribution >= 4 is 11.9 Å². The molecule has 0 spiro atoms. The van der Waals surface area contributed by atoms with Gasteiger partial charge in [0.05, 0.1) is 5.69 Å². The molecule has 1 aromatic heterocycles. The molecule has 2 N–H and O–H groups in total. The Morgan fingerprint density at radius 3 is 3.05 bits per heavy atom. The molecular formula is C15H13N3O3. The van der Waals surface area contributed by atoms with Crippen LogP contribution >= 0.6 is 0 Å². The molecule has 1 aliphatic heterocycles. The van der Waals surface area contributed by atoms with Gasteiger partial charge in [-0.2, -0.15) is 0 Å². The minimum absolute atomic E-state index is 0.165. The second-order valence-corrected chi connectivity index (χ2v) is 4.90. The van der Waals surface area contributed by atoms with Gasteiger partial charge >= 0.3 is 0 Å². The van der Waals surface area contributed by atoms with E-state index in [1.54, 1.807) is 0 Å². The lowest BCUT2D eigenvalue weighted by Crippen LogP contribution is -2.21. The maximum atomic E-state index is 12.0. The van der Waals surface area contributed by atoms with E-state index in [1.807, 2.05) is 18.2 Å². The summed E-state index contributed by atoms with van der Waals surface area (Å²) >= 11 is 0. The number of nitrogens with zero attached hydrogens (tertiary/aromatic N) is 1. The Kier molecular flexibility index (Phi) is 2.67. The highest BCUT2D eigenvalue weighted by Crippen LogP contribution is 2.35. The fourth-order valence-electron chi connectivity index (χ4n) is 2.57. The van der Waals surface area contributed by atoms with Gasteiger partial charge in [0.1, 0.15) is 19.5 Å². The summed E-state index contributed by atoms with van der Waals surface area (Å²) < 4.78 is 10.3. The average molecular weight is 283 g/mol. The first-order chi connectivity index (χ1) is 10.3. The van der Waals surface area contributed by atoms with E-state index < -0.39 is 0 Å². The molecule has 0 radical (unpaired) electrons. The van der Waals surface area contributed by atoms with Gasteiger partial charge in [0, 0.05) is 17.7 Å². The molecular weight excluding hydrogens is 270 g/mol. The summed E-state index contributed by atoms with van der Waals surface area (Å²) in [6, 6.07) is 8.12. The SMILES string of the molecule is O=C(Nc1nc2c([nH]1)Cc1ccccc1-2)C1=COCCO1. The average Bonchev–Trinajstić information content (AvgIpc) is 3.05. The summed E-state index contributed by atoms with van der Waals surface area (Å²) in [6.07, 6.45) is 2.13. The summed E-state index contributed by atoms with van der Waals surface area (Å²) in [5.41, 5.74) is 4.27. The Balaban J connectivity index is 1.57. The third-order valence-corrected chi connectivity index (χ3v) is 3.52. The van der Waals surface area contributed by atoms with Crippen LogP contribution in [0.4, 0.5) is 5.95 Å². The third kappa shape index (κ3) is 2.05. The van der Waals surface area contributed by atoms with E-state index >= 15 is 0 Å². The maximum absolute atomic E-state index is 12.0. The van der Waals surface area contributed by atoms with Crippen molar-refractivity contribution in [3.05, 3.63) is 47.5 Å². The van der Waals surface area contributed by atoms with Crippen LogP contribution in [0.15, 0.2) is 36.3 Å². The van der Waals surface area contributed by atoms with Crippen LogP contribution in [0.25, 0.3) is 11.3 Å². The molecule has 0 saturated carbocycles. The number of aromatic nitrogens is 2. The number of imidazole rings is 1. The number of anilines is 1. The van der Waals surface area contributed by atoms with Crippen LogP contribution in [0, 0.1) is 0 Å². The van der Waals surface area contributed by atoms with Crippen LogP contribution < -0.4 is 5.32 Å². The smallest absolute Gasteiger partial charge is 0.296 e. The molecule has 1 aliphatic carbocycles. The predicted octanol–water partition coefficient (Wildman–Crippen LogP) is 1.81. The van der Waals surface area contributed by atoms with Gasteiger partial charge in [-0.1, -0.05) is 24.3 Å². The zero-order chi connectivity index (χ0) is 14.2. The Morgan fingerprint density at radius 2 is 2.19 bits per heavy atom. The minimum Gasteiger partial charge on any atom is -0.494 e. The Morgan fingerprint density at radius 1 is 1.29 bits per heavy atom. The Hall–Kier alpha value is -2.76. The summed E-state index contributed by atoms with van der Waals surface area (Å²) in [4.78, 5) is 19.6. The first-order valence-electron chi connectivity index (χ1n) is 6.74. The minimum atomic E-state index is -0.365. The standard InChI is InChI=1S/C15H13N3O3/c19-14(12-8-20-5-6-21-12)18-15-16-11-7-9-3-1-2-4-10(9)13(11)17-15/h1-4,8H,5-7H2,(H2,16,17,18,19). The molecule has 2 aromatic rings. The van der Waals surface area contributed by atoms with Gasteiger partial charge in [-0.05, 0) is 5.56 Å². The first-order valence-corrected chi connectivity index (χ1v) is 6.74. The van der Waals surface area contributed by atoms with Crippen molar-refractivity contribution in [2.45, 2.75) is 6.42 Å². The highest BCUT2D eigenvalue weighted by atomic mass is 16.6. The largest absolute Gasteiger partial charge is 0.494 e. The van der Waals surface area contributed by atoms with Crippen LogP contribution in [0.1, 0.15) is 11.3 Å². The van der Waals surface area contributed by atoms with Crippen LogP contribution in [-0.2, 0) is 20.7 Å². The van der Waals surface area contributed by atoms with E-state index in [-0.39, 0.29) is 11.7 Å². The van der Waals surface area contributed by atoms with E-state index in [4.69, 9.17) is 9.47 Å². The lowest BCUT2D eigenvalue weighted by Gasteiger charge is -2.14. The Bertz CT molecular complexity index is 748. The molecule has 1 amide bonds. The molecule has 2 aliphatic rings. The molecule has 6 heteroatoms. The normalized spacial score (nSPS) is 15.3. The van der Waals surface area contributed by atoms with Crippen molar-refractivity contribution in [3.8, 4) is 11.3 Å². The lowest BCUT2D eigenvalue weighted by molar-refractivity contribution is -0.117. The number of aromatic amines is 1. The van der Waals surface area contributed by atoms with Crippen molar-refractivity contribution < 1.29 is 14.3 Å². The number of amides is 1. The molecule has 0 fully saturated rings. The number of carbonyl (C=O) groups excluding carboxylic acids is 1. The number of benzene rings is 1. The highest BCUT2D eigenvalue weighted by Gasteiger charge is 2.24. The van der Waals surface area contributed by atoms with Gasteiger partial charge < -0.3 is 14.5 Å². The monoisotopic (exact) mass is 283 g/mol. The number of fused-ring (bicyclic) bond motifs is 3. The molecule has 2 heterocycles. The molecule has 6 nitrogen and oxygen atoms in total. The molecule has 1 aromatic carbocycles. The molecule has 0 atom stereocenters. The van der Waals surface area contributed by atoms with Crippen molar-refractivity contribution in [2.24, 2.45) is 0 Å². The molecule has 0 unspecified atom stereocenters. The summed E-state index contributed by atoms with van der Waals surface area (Å²) in [6.45, 7) is 0.837. The van der Waals surface area contributed by atoms with E-state index in [2.05, 4.69) is 21.4 Å².